The lowest BCUT2D eigenvalue weighted by atomic mass is 10.1. The van der Waals surface area contributed by atoms with Gasteiger partial charge in [0.05, 0.1) is 26.8 Å². The fraction of sp³-hybridized carbons (Fsp3) is 0.0952. The van der Waals surface area contributed by atoms with E-state index in [1.165, 1.54) is 43.4 Å². The Hall–Kier alpha value is -3.88. The number of hydrogen-bond donors (Lipinski definition) is 4. The molecule has 0 radical (unpaired) electrons. The molecule has 1 aliphatic rings. The highest BCUT2D eigenvalue weighted by Gasteiger charge is 2.29. The van der Waals surface area contributed by atoms with Crippen molar-refractivity contribution in [2.24, 2.45) is 5.73 Å². The molecular weight excluding hydrogens is 537 g/mol. The van der Waals surface area contributed by atoms with Crippen LogP contribution in [-0.2, 0) is 10.0 Å². The second-order valence-electron chi connectivity index (χ2n) is 7.30. The van der Waals surface area contributed by atoms with E-state index < -0.39 is 33.7 Å². The van der Waals surface area contributed by atoms with E-state index >= 15 is 0 Å². The summed E-state index contributed by atoms with van der Waals surface area (Å²) < 4.78 is 46.3. The maximum absolute atomic E-state index is 14.2. The number of urea groups is 1. The van der Waals surface area contributed by atoms with Crippen LogP contribution in [0.3, 0.4) is 0 Å². The quantitative estimate of drug-likeness (QED) is 0.364. The van der Waals surface area contributed by atoms with E-state index in [1.54, 1.807) is 0 Å². The summed E-state index contributed by atoms with van der Waals surface area (Å²) in [5, 5.41) is 4.91. The molecule has 11 nitrogen and oxygen atoms in total. The van der Waals surface area contributed by atoms with Gasteiger partial charge >= 0.3 is 6.03 Å². The van der Waals surface area contributed by atoms with Gasteiger partial charge in [-0.1, -0.05) is 11.6 Å². The number of carbonyl (C=O) groups is 3. The van der Waals surface area contributed by atoms with E-state index in [0.29, 0.717) is 0 Å². The van der Waals surface area contributed by atoms with Crippen LogP contribution in [0.2, 0.25) is 4.34 Å². The molecule has 1 aromatic heterocycles. The predicted molar refractivity (Wildman–Crippen MR) is 132 cm³/mol. The second-order valence-corrected chi connectivity index (χ2v) is 10.9. The van der Waals surface area contributed by atoms with Gasteiger partial charge in [0.25, 0.3) is 21.8 Å². The number of anilines is 3. The van der Waals surface area contributed by atoms with Crippen LogP contribution < -0.4 is 30.7 Å². The number of benzene rings is 2. The molecule has 0 saturated carbocycles. The lowest BCUT2D eigenvalue weighted by molar-refractivity contribution is 0.0934. The van der Waals surface area contributed by atoms with Crippen LogP contribution in [0, 0.1) is 5.82 Å². The molecule has 4 rings (SSSR count). The molecule has 1 aliphatic heterocycles. The van der Waals surface area contributed by atoms with Crippen molar-refractivity contribution in [2.75, 3.05) is 29.3 Å². The van der Waals surface area contributed by atoms with Crippen molar-refractivity contribution < 1.29 is 31.9 Å². The number of hydrogen-bond acceptors (Lipinski definition) is 8. The van der Waals surface area contributed by atoms with Crippen LogP contribution in [-0.4, -0.2) is 40.0 Å². The topological polar surface area (TPSA) is 160 Å². The summed E-state index contributed by atoms with van der Waals surface area (Å²) in [5.74, 6) is -2.03. The van der Waals surface area contributed by atoms with E-state index in [9.17, 15) is 27.2 Å². The smallest absolute Gasteiger partial charge is 0.333 e. The lowest BCUT2D eigenvalue weighted by Crippen LogP contribution is -2.39. The van der Waals surface area contributed by atoms with Gasteiger partial charge in [-0.25, -0.2) is 22.3 Å². The van der Waals surface area contributed by atoms with Crippen LogP contribution in [0.15, 0.2) is 46.7 Å². The summed E-state index contributed by atoms with van der Waals surface area (Å²) in [6.07, 6.45) is 0. The van der Waals surface area contributed by atoms with Crippen LogP contribution in [0.25, 0.3) is 0 Å². The summed E-state index contributed by atoms with van der Waals surface area (Å²) in [4.78, 5) is 38.5. The minimum Gasteiger partial charge on any atom is -0.472 e. The van der Waals surface area contributed by atoms with Crippen molar-refractivity contribution in [3.05, 3.63) is 63.7 Å². The third-order valence-electron chi connectivity index (χ3n) is 5.03. The Morgan fingerprint density at radius 2 is 1.92 bits per heavy atom. The average Bonchev–Trinajstić information content (AvgIpc) is 3.26. The maximum Gasteiger partial charge on any atom is 0.333 e. The Morgan fingerprint density at radius 1 is 1.17 bits per heavy atom. The van der Waals surface area contributed by atoms with Crippen LogP contribution in [0.5, 0.6) is 5.75 Å². The molecule has 5 N–H and O–H groups in total. The van der Waals surface area contributed by atoms with Gasteiger partial charge < -0.3 is 21.1 Å². The predicted octanol–water partition coefficient (Wildman–Crippen LogP) is 3.19. The zero-order chi connectivity index (χ0) is 26.2. The summed E-state index contributed by atoms with van der Waals surface area (Å²) in [5.41, 5.74) is 5.41. The van der Waals surface area contributed by atoms with Crippen LogP contribution in [0.4, 0.5) is 26.2 Å². The Morgan fingerprint density at radius 3 is 2.56 bits per heavy atom. The number of primary amides is 1. The minimum atomic E-state index is -4.21. The van der Waals surface area contributed by atoms with Crippen LogP contribution in [0.1, 0.15) is 20.7 Å². The highest BCUT2D eigenvalue weighted by Crippen LogP contribution is 2.33. The summed E-state index contributed by atoms with van der Waals surface area (Å²) >= 11 is 6.49. The first kappa shape index (κ1) is 25.2. The first-order chi connectivity index (χ1) is 17.0. The summed E-state index contributed by atoms with van der Waals surface area (Å²) in [7, 11) is -2.69. The Bertz CT molecular complexity index is 1510. The fourth-order valence-electron chi connectivity index (χ4n) is 3.34. The van der Waals surface area contributed by atoms with Gasteiger partial charge in [0, 0.05) is 18.8 Å². The molecule has 0 spiro atoms. The maximum atomic E-state index is 14.2. The van der Waals surface area contributed by atoms with Crippen molar-refractivity contribution in [3.8, 4) is 5.75 Å². The molecule has 15 heteroatoms. The molecule has 0 aliphatic carbocycles. The number of sulfonamides is 1. The number of nitrogens with zero attached hydrogens (tertiary/aromatic N) is 1. The SMILES string of the molecule is CNc1cc2c(cc1F)C(=O)N(c1ccc(NC(=O)NS(=O)(=O)c3ccc(Cl)s3)c(C(N)=O)c1)CO2. The van der Waals surface area contributed by atoms with E-state index in [4.69, 9.17) is 22.1 Å². The largest absolute Gasteiger partial charge is 0.472 e. The van der Waals surface area contributed by atoms with Crippen molar-refractivity contribution in [1.29, 1.82) is 0 Å². The Kier molecular flexibility index (Phi) is 6.75. The molecule has 4 amide bonds. The number of amides is 4. The number of nitrogens with two attached hydrogens (primary N) is 1. The number of ether oxygens (including phenoxy) is 1. The zero-order valence-corrected chi connectivity index (χ0v) is 20.7. The van der Waals surface area contributed by atoms with Crippen molar-refractivity contribution >= 4 is 67.9 Å². The van der Waals surface area contributed by atoms with E-state index in [2.05, 4.69) is 10.6 Å². The average molecular weight is 554 g/mol. The second kappa shape index (κ2) is 9.64. The molecule has 0 fully saturated rings. The zero-order valence-electron chi connectivity index (χ0n) is 18.3. The standard InChI is InChI=1S/C21H17ClFN5O6S2/c1-25-15-8-16-12(7-13(15)23)20(30)28(9-34-16)10-2-3-14(11(6-10)19(24)29)26-21(31)27-36(32,33)18-5-4-17(22)35-18/h2-8,25H,9H2,1H3,(H2,24,29)(H2,26,27,31). The molecule has 2 aromatic carbocycles. The number of halogens is 2. The van der Waals surface area contributed by atoms with Gasteiger partial charge in [-0.15, -0.1) is 11.3 Å². The first-order valence-electron chi connectivity index (χ1n) is 9.99. The highest BCUT2D eigenvalue weighted by atomic mass is 35.5. The molecule has 188 valence electrons. The first-order valence-corrected chi connectivity index (χ1v) is 12.7. The molecule has 0 saturated heterocycles. The number of rotatable bonds is 6. The highest BCUT2D eigenvalue weighted by molar-refractivity contribution is 7.92. The number of thiophene rings is 1. The molecule has 3 aromatic rings. The third kappa shape index (κ3) is 4.91. The monoisotopic (exact) mass is 553 g/mol. The number of carbonyl (C=O) groups excluding carboxylic acids is 3. The van der Waals surface area contributed by atoms with Gasteiger partial charge in [0.2, 0.25) is 0 Å². The summed E-state index contributed by atoms with van der Waals surface area (Å²) in [6.45, 7) is -0.242. The molecule has 0 bridgehead atoms. The van der Waals surface area contributed by atoms with Gasteiger partial charge in [0.1, 0.15) is 15.8 Å². The van der Waals surface area contributed by atoms with E-state index in [1.807, 2.05) is 4.72 Å². The van der Waals surface area contributed by atoms with Crippen molar-refractivity contribution in [3.63, 3.8) is 0 Å². The normalized spacial score (nSPS) is 13.0. The minimum absolute atomic E-state index is 0.0289. The van der Waals surface area contributed by atoms with Gasteiger partial charge in [-0.2, -0.15) is 0 Å². The van der Waals surface area contributed by atoms with Crippen LogP contribution >= 0.6 is 22.9 Å². The van der Waals surface area contributed by atoms with Crippen molar-refractivity contribution in [1.82, 2.24) is 4.72 Å². The van der Waals surface area contributed by atoms with Gasteiger partial charge in [-0.05, 0) is 36.4 Å². The molecule has 2 heterocycles. The third-order valence-corrected chi connectivity index (χ3v) is 8.09. The van der Waals surface area contributed by atoms with Gasteiger partial charge in [0.15, 0.2) is 6.73 Å². The summed E-state index contributed by atoms with van der Waals surface area (Å²) in [6, 6.07) is 7.68. The van der Waals surface area contributed by atoms with Crippen molar-refractivity contribution in [2.45, 2.75) is 4.21 Å². The van der Waals surface area contributed by atoms with Gasteiger partial charge in [-0.3, -0.25) is 14.5 Å². The molecular formula is C21H17ClFN5O6S2. The lowest BCUT2D eigenvalue weighted by Gasteiger charge is -2.29. The Balaban J connectivity index is 1.57. The van der Waals surface area contributed by atoms with E-state index in [-0.39, 0.29) is 49.2 Å². The fourth-order valence-corrected chi connectivity index (χ4v) is 5.73. The molecule has 0 unspecified atom stereocenters. The molecule has 36 heavy (non-hydrogen) atoms. The van der Waals surface area contributed by atoms with E-state index in [0.717, 1.165) is 22.3 Å². The Labute approximate surface area is 213 Å². The molecule has 0 atom stereocenters. The number of fused-ring (bicyclic) bond motifs is 1. The number of nitrogens with one attached hydrogen (secondary N) is 3.